The summed E-state index contributed by atoms with van der Waals surface area (Å²) in [6.45, 7) is 0. The van der Waals surface area contributed by atoms with Crippen molar-refractivity contribution in [2.24, 2.45) is 0 Å². The molecule has 0 aliphatic heterocycles. The molecule has 1 saturated carbocycles. The lowest BCUT2D eigenvalue weighted by molar-refractivity contribution is 0.586. The smallest absolute Gasteiger partial charge is 0.270 e. The molecule has 1 fully saturated rings. The summed E-state index contributed by atoms with van der Waals surface area (Å²) >= 11 is 3.14. The van der Waals surface area contributed by atoms with Gasteiger partial charge in [-0.3, -0.25) is 4.72 Å². The van der Waals surface area contributed by atoms with E-state index in [9.17, 15) is 12.8 Å². The Bertz CT molecular complexity index is 502. The lowest BCUT2D eigenvalue weighted by Gasteiger charge is -2.10. The van der Waals surface area contributed by atoms with Crippen molar-refractivity contribution in [1.82, 2.24) is 4.72 Å². The minimum atomic E-state index is -3.61. The fourth-order valence-corrected chi connectivity index (χ4v) is 2.84. The van der Waals surface area contributed by atoms with E-state index in [1.54, 1.807) is 0 Å². The van der Waals surface area contributed by atoms with Gasteiger partial charge in [-0.1, -0.05) is 0 Å². The molecule has 88 valence electrons. The van der Waals surface area contributed by atoms with Gasteiger partial charge in [0, 0.05) is 10.5 Å². The van der Waals surface area contributed by atoms with Crippen LogP contribution in [0.5, 0.6) is 0 Å². The molecular formula is C9H10BrFN2O2S. The molecule has 1 aliphatic rings. The Morgan fingerprint density at radius 1 is 1.38 bits per heavy atom. The molecule has 4 nitrogen and oxygen atoms in total. The molecule has 0 spiro atoms. The van der Waals surface area contributed by atoms with Gasteiger partial charge in [0.05, 0.1) is 5.69 Å². The standard InChI is InChI=1S/C9H10BrFN2O2S/c10-8-4-1-6(11)5-9(8)13-16(14,15)12-7-2-3-7/h1,4-5,7,12-13H,2-3H2. The van der Waals surface area contributed by atoms with Crippen LogP contribution in [0.3, 0.4) is 0 Å². The highest BCUT2D eigenvalue weighted by Gasteiger charge is 2.27. The quantitative estimate of drug-likeness (QED) is 0.894. The van der Waals surface area contributed by atoms with E-state index in [1.807, 2.05) is 0 Å². The van der Waals surface area contributed by atoms with Crippen LogP contribution in [0.1, 0.15) is 12.8 Å². The fourth-order valence-electron chi connectivity index (χ4n) is 1.17. The third kappa shape index (κ3) is 3.16. The summed E-state index contributed by atoms with van der Waals surface area (Å²) in [5, 5.41) is 0. The summed E-state index contributed by atoms with van der Waals surface area (Å²) in [5.74, 6) is -0.493. The second kappa shape index (κ2) is 4.31. The maximum atomic E-state index is 12.9. The Labute approximate surface area is 102 Å². The maximum absolute atomic E-state index is 12.9. The number of hydrogen-bond donors (Lipinski definition) is 2. The molecule has 2 N–H and O–H groups in total. The van der Waals surface area contributed by atoms with Crippen molar-refractivity contribution in [3.8, 4) is 0 Å². The normalized spacial score (nSPS) is 16.1. The molecule has 0 atom stereocenters. The monoisotopic (exact) mass is 308 g/mol. The van der Waals surface area contributed by atoms with Crippen LogP contribution in [0.15, 0.2) is 22.7 Å². The zero-order chi connectivity index (χ0) is 11.8. The number of halogens is 2. The Balaban J connectivity index is 2.15. The van der Waals surface area contributed by atoms with Crippen LogP contribution in [0.25, 0.3) is 0 Å². The molecule has 16 heavy (non-hydrogen) atoms. The van der Waals surface area contributed by atoms with Gasteiger partial charge in [0.1, 0.15) is 5.82 Å². The summed E-state index contributed by atoms with van der Waals surface area (Å²) in [6, 6.07) is 3.83. The highest BCUT2D eigenvalue weighted by molar-refractivity contribution is 9.10. The summed E-state index contributed by atoms with van der Waals surface area (Å²) in [4.78, 5) is 0. The van der Waals surface area contributed by atoms with Crippen molar-refractivity contribution < 1.29 is 12.8 Å². The predicted octanol–water partition coefficient (Wildman–Crippen LogP) is 2.00. The molecule has 1 aromatic rings. The van der Waals surface area contributed by atoms with Crippen LogP contribution in [0.2, 0.25) is 0 Å². The van der Waals surface area contributed by atoms with Gasteiger partial charge in [-0.2, -0.15) is 13.1 Å². The van der Waals surface area contributed by atoms with Crippen LogP contribution in [0, 0.1) is 5.82 Å². The summed E-state index contributed by atoms with van der Waals surface area (Å²) < 4.78 is 41.2. The first-order valence-corrected chi connectivity index (χ1v) is 6.99. The van der Waals surface area contributed by atoms with E-state index in [0.29, 0.717) is 4.47 Å². The van der Waals surface area contributed by atoms with Crippen molar-refractivity contribution in [2.45, 2.75) is 18.9 Å². The first-order chi connectivity index (χ1) is 7.46. The minimum absolute atomic E-state index is 0.0184. The van der Waals surface area contributed by atoms with E-state index in [4.69, 9.17) is 0 Å². The Kier molecular flexibility index (Phi) is 3.18. The van der Waals surface area contributed by atoms with E-state index < -0.39 is 16.0 Å². The molecule has 0 saturated heterocycles. The van der Waals surface area contributed by atoms with Crippen molar-refractivity contribution in [3.05, 3.63) is 28.5 Å². The van der Waals surface area contributed by atoms with Crippen molar-refractivity contribution in [1.29, 1.82) is 0 Å². The second-order valence-corrected chi connectivity index (χ2v) is 5.92. The zero-order valence-electron chi connectivity index (χ0n) is 8.20. The third-order valence-corrected chi connectivity index (χ3v) is 3.90. The molecule has 1 aliphatic carbocycles. The van der Waals surface area contributed by atoms with E-state index in [1.165, 1.54) is 12.1 Å². The number of rotatable bonds is 4. The average molecular weight is 309 g/mol. The Morgan fingerprint density at radius 3 is 2.69 bits per heavy atom. The van der Waals surface area contributed by atoms with Crippen LogP contribution >= 0.6 is 15.9 Å². The number of benzene rings is 1. The molecule has 0 heterocycles. The van der Waals surface area contributed by atoms with Crippen LogP contribution in [0.4, 0.5) is 10.1 Å². The summed E-state index contributed by atoms with van der Waals surface area (Å²) in [5.41, 5.74) is 0.188. The molecule has 0 amide bonds. The lowest BCUT2D eigenvalue weighted by atomic mass is 10.3. The SMILES string of the molecule is O=S(=O)(Nc1cc(F)ccc1Br)NC1CC1. The third-order valence-electron chi connectivity index (χ3n) is 2.07. The van der Waals surface area contributed by atoms with E-state index in [-0.39, 0.29) is 11.7 Å². The Hall–Kier alpha value is -0.660. The largest absolute Gasteiger partial charge is 0.299 e. The van der Waals surface area contributed by atoms with Gasteiger partial charge >= 0.3 is 0 Å². The van der Waals surface area contributed by atoms with E-state index >= 15 is 0 Å². The fraction of sp³-hybridized carbons (Fsp3) is 0.333. The molecule has 0 aromatic heterocycles. The molecular weight excluding hydrogens is 299 g/mol. The van der Waals surface area contributed by atoms with Gasteiger partial charge < -0.3 is 0 Å². The van der Waals surface area contributed by atoms with Gasteiger partial charge in [0.15, 0.2) is 0 Å². The number of nitrogens with one attached hydrogen (secondary N) is 2. The molecule has 2 rings (SSSR count). The van der Waals surface area contributed by atoms with Gasteiger partial charge in [-0.25, -0.2) is 4.39 Å². The van der Waals surface area contributed by atoms with Crippen molar-refractivity contribution in [3.63, 3.8) is 0 Å². The summed E-state index contributed by atoms with van der Waals surface area (Å²) in [6.07, 6.45) is 1.70. The topological polar surface area (TPSA) is 58.2 Å². The first kappa shape index (κ1) is 11.8. The molecule has 7 heteroatoms. The minimum Gasteiger partial charge on any atom is -0.270 e. The second-order valence-electron chi connectivity index (χ2n) is 3.62. The molecule has 1 aromatic carbocycles. The van der Waals surface area contributed by atoms with Crippen molar-refractivity contribution >= 4 is 31.8 Å². The summed E-state index contributed by atoms with van der Waals surface area (Å²) in [7, 11) is -3.61. The molecule has 0 unspecified atom stereocenters. The van der Waals surface area contributed by atoms with Gasteiger partial charge in [-0.05, 0) is 47.0 Å². The average Bonchev–Trinajstić information content (AvgIpc) is 2.94. The predicted molar refractivity (Wildman–Crippen MR) is 62.8 cm³/mol. The maximum Gasteiger partial charge on any atom is 0.299 e. The first-order valence-electron chi connectivity index (χ1n) is 4.71. The lowest BCUT2D eigenvalue weighted by Crippen LogP contribution is -2.31. The van der Waals surface area contributed by atoms with E-state index in [0.717, 1.165) is 18.9 Å². The molecule has 0 bridgehead atoms. The van der Waals surface area contributed by atoms with Gasteiger partial charge in [-0.15, -0.1) is 0 Å². The highest BCUT2D eigenvalue weighted by Crippen LogP contribution is 2.25. The van der Waals surface area contributed by atoms with Crippen LogP contribution in [-0.4, -0.2) is 14.5 Å². The number of hydrogen-bond acceptors (Lipinski definition) is 2. The Morgan fingerprint density at radius 2 is 2.06 bits per heavy atom. The zero-order valence-corrected chi connectivity index (χ0v) is 10.6. The number of anilines is 1. The van der Waals surface area contributed by atoms with Crippen molar-refractivity contribution in [2.75, 3.05) is 4.72 Å². The van der Waals surface area contributed by atoms with Crippen LogP contribution in [-0.2, 0) is 10.2 Å². The van der Waals surface area contributed by atoms with Gasteiger partial charge in [0.25, 0.3) is 10.2 Å². The van der Waals surface area contributed by atoms with Crippen LogP contribution < -0.4 is 9.44 Å². The van der Waals surface area contributed by atoms with E-state index in [2.05, 4.69) is 25.4 Å². The van der Waals surface area contributed by atoms with Gasteiger partial charge in [0.2, 0.25) is 0 Å². The highest BCUT2D eigenvalue weighted by atomic mass is 79.9. The molecule has 0 radical (unpaired) electrons.